The van der Waals surface area contributed by atoms with E-state index in [1.54, 1.807) is 0 Å². The van der Waals surface area contributed by atoms with Crippen molar-refractivity contribution >= 4 is 43.6 Å². The summed E-state index contributed by atoms with van der Waals surface area (Å²) in [6.07, 6.45) is 1.86. The van der Waals surface area contributed by atoms with Gasteiger partial charge in [0.1, 0.15) is 11.3 Å². The van der Waals surface area contributed by atoms with Crippen LogP contribution in [-0.2, 0) is 4.74 Å². The van der Waals surface area contributed by atoms with Crippen molar-refractivity contribution in [3.8, 4) is 5.69 Å². The van der Waals surface area contributed by atoms with Gasteiger partial charge in [-0.2, -0.15) is 0 Å². The minimum Gasteiger partial charge on any atom is -0.378 e. The molecule has 0 radical (unpaired) electrons. The van der Waals surface area contributed by atoms with Gasteiger partial charge < -0.3 is 9.64 Å². The highest BCUT2D eigenvalue weighted by Gasteiger charge is 2.18. The molecule has 1 fully saturated rings. The molecule has 0 bridgehead atoms. The van der Waals surface area contributed by atoms with Gasteiger partial charge in [-0.3, -0.25) is 9.55 Å². The van der Waals surface area contributed by atoms with E-state index in [-0.39, 0.29) is 0 Å². The number of pyridine rings is 1. The first kappa shape index (κ1) is 16.7. The van der Waals surface area contributed by atoms with Gasteiger partial charge in [-0.15, -0.1) is 0 Å². The van der Waals surface area contributed by atoms with E-state index in [9.17, 15) is 0 Å². The summed E-state index contributed by atoms with van der Waals surface area (Å²) in [5.41, 5.74) is 5.36. The predicted octanol–water partition coefficient (Wildman–Crippen LogP) is 4.48. The molecular formula is C21H19BrN4O. The number of imidazole rings is 1. The van der Waals surface area contributed by atoms with Crippen LogP contribution in [0.5, 0.6) is 0 Å². The van der Waals surface area contributed by atoms with Crippen molar-refractivity contribution in [2.75, 3.05) is 31.2 Å². The van der Waals surface area contributed by atoms with Crippen LogP contribution in [0.3, 0.4) is 0 Å². The standard InChI is InChI=1S/C21H19BrN4O/c1-14-24-21-17(22)12-15(25-8-10-27-11-9-25)13-20(21)26(14)19-6-7-23-18-5-3-2-4-16(18)19/h2-7,12-13H,8-11H2,1H3. The van der Waals surface area contributed by atoms with Gasteiger partial charge in [0.2, 0.25) is 0 Å². The van der Waals surface area contributed by atoms with Crippen molar-refractivity contribution in [1.29, 1.82) is 0 Å². The van der Waals surface area contributed by atoms with Crippen LogP contribution in [0, 0.1) is 6.92 Å². The molecule has 136 valence electrons. The van der Waals surface area contributed by atoms with Crippen LogP contribution in [0.4, 0.5) is 5.69 Å². The number of nitrogens with zero attached hydrogens (tertiary/aromatic N) is 4. The number of rotatable bonds is 2. The summed E-state index contributed by atoms with van der Waals surface area (Å²) >= 11 is 3.74. The molecule has 1 saturated heterocycles. The average molecular weight is 423 g/mol. The number of aryl methyl sites for hydroxylation is 1. The zero-order valence-corrected chi connectivity index (χ0v) is 16.6. The van der Waals surface area contributed by atoms with Crippen LogP contribution < -0.4 is 4.90 Å². The highest BCUT2D eigenvalue weighted by atomic mass is 79.9. The summed E-state index contributed by atoms with van der Waals surface area (Å²) < 4.78 is 8.75. The smallest absolute Gasteiger partial charge is 0.111 e. The van der Waals surface area contributed by atoms with Gasteiger partial charge in [-0.25, -0.2) is 4.98 Å². The molecule has 0 saturated carbocycles. The Kier molecular flexibility index (Phi) is 4.10. The van der Waals surface area contributed by atoms with E-state index < -0.39 is 0 Å². The Labute approximate surface area is 165 Å². The van der Waals surface area contributed by atoms with Gasteiger partial charge in [0.15, 0.2) is 0 Å². The average Bonchev–Trinajstić information content (AvgIpc) is 3.04. The summed E-state index contributed by atoms with van der Waals surface area (Å²) in [6.45, 7) is 5.40. The molecule has 0 spiro atoms. The molecule has 0 atom stereocenters. The zero-order valence-electron chi connectivity index (χ0n) is 15.0. The van der Waals surface area contributed by atoms with Crippen LogP contribution in [0.2, 0.25) is 0 Å². The van der Waals surface area contributed by atoms with E-state index >= 15 is 0 Å². The molecule has 0 unspecified atom stereocenters. The number of para-hydroxylation sites is 1. The Morgan fingerprint density at radius 2 is 1.89 bits per heavy atom. The topological polar surface area (TPSA) is 43.2 Å². The third-order valence-electron chi connectivity index (χ3n) is 5.11. The van der Waals surface area contributed by atoms with Gasteiger partial charge in [-0.1, -0.05) is 18.2 Å². The summed E-state index contributed by atoms with van der Waals surface area (Å²) in [7, 11) is 0. The zero-order chi connectivity index (χ0) is 18.4. The fourth-order valence-electron chi connectivity index (χ4n) is 3.82. The second-order valence-electron chi connectivity index (χ2n) is 6.74. The van der Waals surface area contributed by atoms with E-state index in [1.807, 2.05) is 18.3 Å². The monoisotopic (exact) mass is 422 g/mol. The fraction of sp³-hybridized carbons (Fsp3) is 0.238. The van der Waals surface area contributed by atoms with Crippen molar-refractivity contribution in [3.05, 3.63) is 59.0 Å². The molecule has 6 heteroatoms. The molecule has 3 heterocycles. The lowest BCUT2D eigenvalue weighted by molar-refractivity contribution is 0.122. The molecule has 0 N–H and O–H groups in total. The number of benzene rings is 2. The Bertz CT molecular complexity index is 1140. The molecule has 27 heavy (non-hydrogen) atoms. The number of halogens is 1. The first-order chi connectivity index (χ1) is 13.2. The number of morpholine rings is 1. The number of fused-ring (bicyclic) bond motifs is 2. The Morgan fingerprint density at radius 3 is 2.74 bits per heavy atom. The molecule has 1 aliphatic rings. The maximum atomic E-state index is 5.51. The minimum absolute atomic E-state index is 0.767. The molecule has 4 aromatic rings. The maximum Gasteiger partial charge on any atom is 0.111 e. The first-order valence-corrected chi connectivity index (χ1v) is 9.87. The minimum atomic E-state index is 0.767. The Hall–Kier alpha value is -2.44. The summed E-state index contributed by atoms with van der Waals surface area (Å²) in [4.78, 5) is 11.7. The predicted molar refractivity (Wildman–Crippen MR) is 112 cm³/mol. The van der Waals surface area contributed by atoms with Gasteiger partial charge in [0.05, 0.1) is 29.9 Å². The lowest BCUT2D eigenvalue weighted by atomic mass is 10.1. The molecule has 5 rings (SSSR count). The third kappa shape index (κ3) is 2.80. The Balaban J connectivity index is 1.76. The molecular weight excluding hydrogens is 404 g/mol. The van der Waals surface area contributed by atoms with Gasteiger partial charge in [0.25, 0.3) is 0 Å². The molecule has 5 nitrogen and oxygen atoms in total. The normalized spacial score (nSPS) is 15.0. The number of hydrogen-bond donors (Lipinski definition) is 0. The van der Waals surface area contributed by atoms with Crippen LogP contribution in [0.25, 0.3) is 27.6 Å². The van der Waals surface area contributed by atoms with Crippen LogP contribution in [-0.4, -0.2) is 40.8 Å². The van der Waals surface area contributed by atoms with Crippen LogP contribution >= 0.6 is 15.9 Å². The number of hydrogen-bond acceptors (Lipinski definition) is 4. The highest BCUT2D eigenvalue weighted by Crippen LogP contribution is 2.34. The van der Waals surface area contributed by atoms with E-state index in [0.717, 1.165) is 64.2 Å². The highest BCUT2D eigenvalue weighted by molar-refractivity contribution is 9.10. The lowest BCUT2D eigenvalue weighted by Crippen LogP contribution is -2.36. The van der Waals surface area contributed by atoms with E-state index in [0.29, 0.717) is 0 Å². The molecule has 2 aromatic carbocycles. The fourth-order valence-corrected chi connectivity index (χ4v) is 4.35. The van der Waals surface area contributed by atoms with Crippen molar-refractivity contribution < 1.29 is 4.74 Å². The van der Waals surface area contributed by atoms with E-state index in [1.165, 1.54) is 5.69 Å². The number of anilines is 1. The van der Waals surface area contributed by atoms with Crippen molar-refractivity contribution in [3.63, 3.8) is 0 Å². The second-order valence-corrected chi connectivity index (χ2v) is 7.59. The van der Waals surface area contributed by atoms with Crippen LogP contribution in [0.1, 0.15) is 5.82 Å². The van der Waals surface area contributed by atoms with E-state index in [4.69, 9.17) is 9.72 Å². The summed E-state index contributed by atoms with van der Waals surface area (Å²) in [5.74, 6) is 0.959. The summed E-state index contributed by atoms with van der Waals surface area (Å²) in [5, 5.41) is 1.12. The molecule has 2 aromatic heterocycles. The van der Waals surface area contributed by atoms with Crippen molar-refractivity contribution in [2.45, 2.75) is 6.92 Å². The van der Waals surface area contributed by atoms with Gasteiger partial charge >= 0.3 is 0 Å². The largest absolute Gasteiger partial charge is 0.378 e. The van der Waals surface area contributed by atoms with Crippen LogP contribution in [0.15, 0.2) is 53.1 Å². The number of aromatic nitrogens is 3. The molecule has 0 amide bonds. The van der Waals surface area contributed by atoms with Crippen molar-refractivity contribution in [1.82, 2.24) is 14.5 Å². The van der Waals surface area contributed by atoms with Gasteiger partial charge in [-0.05, 0) is 47.1 Å². The first-order valence-electron chi connectivity index (χ1n) is 9.08. The lowest BCUT2D eigenvalue weighted by Gasteiger charge is -2.29. The summed E-state index contributed by atoms with van der Waals surface area (Å²) in [6, 6.07) is 14.7. The SMILES string of the molecule is Cc1nc2c(Br)cc(N3CCOCC3)cc2n1-c1ccnc2ccccc12. The third-order valence-corrected chi connectivity index (χ3v) is 5.71. The maximum absolute atomic E-state index is 5.51. The van der Waals surface area contributed by atoms with Gasteiger partial charge in [0, 0.05) is 34.8 Å². The molecule has 1 aliphatic heterocycles. The quantitative estimate of drug-likeness (QED) is 0.477. The second kappa shape index (κ2) is 6.62. The Morgan fingerprint density at radius 1 is 1.07 bits per heavy atom. The number of ether oxygens (including phenoxy) is 1. The molecule has 0 aliphatic carbocycles. The van der Waals surface area contributed by atoms with Crippen molar-refractivity contribution in [2.24, 2.45) is 0 Å². The van der Waals surface area contributed by atoms with E-state index in [2.05, 4.69) is 67.6 Å².